The van der Waals surface area contributed by atoms with Gasteiger partial charge in [-0.15, -0.1) is 0 Å². The van der Waals surface area contributed by atoms with Gasteiger partial charge in [0, 0.05) is 12.5 Å². The molecule has 0 aromatic heterocycles. The molecule has 1 aromatic carbocycles. The Labute approximate surface area is 76.3 Å². The number of rotatable bonds is 3. The van der Waals surface area contributed by atoms with Gasteiger partial charge in [-0.3, -0.25) is 9.59 Å². The molecule has 0 aliphatic carbocycles. The highest BCUT2D eigenvalue weighted by Crippen LogP contribution is 2.12. The van der Waals surface area contributed by atoms with Gasteiger partial charge in [0.25, 0.3) is 0 Å². The number of carbonyl (C=O) groups excluding carboxylic acids is 2. The third-order valence-electron chi connectivity index (χ3n) is 1.65. The Morgan fingerprint density at radius 1 is 1.31 bits per heavy atom. The molecule has 0 saturated carbocycles. The molecule has 13 heavy (non-hydrogen) atoms. The van der Waals surface area contributed by atoms with Crippen LogP contribution in [-0.4, -0.2) is 18.7 Å². The number of hydrogen-bond acceptors (Lipinski definition) is 3. The van der Waals surface area contributed by atoms with Crippen molar-refractivity contribution in [3.63, 3.8) is 0 Å². The SMILES string of the molecule is COc1cccc(C(=O)C(C)=O)c1. The van der Waals surface area contributed by atoms with Crippen molar-refractivity contribution in [2.75, 3.05) is 7.11 Å². The summed E-state index contributed by atoms with van der Waals surface area (Å²) in [5, 5.41) is 0. The summed E-state index contributed by atoms with van der Waals surface area (Å²) in [4.78, 5) is 22.0. The molecule has 0 saturated heterocycles. The largest absolute Gasteiger partial charge is 0.497 e. The lowest BCUT2D eigenvalue weighted by Gasteiger charge is -2.00. The van der Waals surface area contributed by atoms with Crippen LogP contribution in [0.4, 0.5) is 0 Å². The van der Waals surface area contributed by atoms with Crippen molar-refractivity contribution in [3.8, 4) is 5.75 Å². The van der Waals surface area contributed by atoms with Crippen molar-refractivity contribution in [2.45, 2.75) is 6.92 Å². The van der Waals surface area contributed by atoms with Gasteiger partial charge < -0.3 is 4.74 Å². The van der Waals surface area contributed by atoms with E-state index in [4.69, 9.17) is 4.74 Å². The van der Waals surface area contributed by atoms with E-state index in [0.717, 1.165) is 0 Å². The highest BCUT2D eigenvalue weighted by molar-refractivity contribution is 6.42. The molecule has 0 fully saturated rings. The molecule has 0 atom stereocenters. The van der Waals surface area contributed by atoms with Crippen LogP contribution in [-0.2, 0) is 4.79 Å². The Hall–Kier alpha value is -1.64. The molecule has 0 bridgehead atoms. The van der Waals surface area contributed by atoms with Gasteiger partial charge in [0.15, 0.2) is 5.78 Å². The smallest absolute Gasteiger partial charge is 0.228 e. The van der Waals surface area contributed by atoms with Gasteiger partial charge in [0.1, 0.15) is 5.75 Å². The molecule has 0 N–H and O–H groups in total. The molecule has 3 nitrogen and oxygen atoms in total. The van der Waals surface area contributed by atoms with Gasteiger partial charge in [-0.2, -0.15) is 0 Å². The predicted octanol–water partition coefficient (Wildman–Crippen LogP) is 1.47. The third kappa shape index (κ3) is 2.15. The van der Waals surface area contributed by atoms with Crippen LogP contribution in [0.5, 0.6) is 5.75 Å². The van der Waals surface area contributed by atoms with E-state index >= 15 is 0 Å². The van der Waals surface area contributed by atoms with Crippen molar-refractivity contribution in [2.24, 2.45) is 0 Å². The number of ketones is 2. The van der Waals surface area contributed by atoms with E-state index in [9.17, 15) is 9.59 Å². The summed E-state index contributed by atoms with van der Waals surface area (Å²) < 4.78 is 4.92. The highest BCUT2D eigenvalue weighted by atomic mass is 16.5. The Kier molecular flexibility index (Phi) is 2.80. The summed E-state index contributed by atoms with van der Waals surface area (Å²) in [7, 11) is 1.51. The minimum absolute atomic E-state index is 0.367. The van der Waals surface area contributed by atoms with Crippen LogP contribution < -0.4 is 4.74 Å². The molecule has 0 heterocycles. The van der Waals surface area contributed by atoms with E-state index in [1.165, 1.54) is 14.0 Å². The minimum atomic E-state index is -0.487. The van der Waals surface area contributed by atoms with E-state index in [2.05, 4.69) is 0 Å². The van der Waals surface area contributed by atoms with Crippen molar-refractivity contribution in [1.82, 2.24) is 0 Å². The molecule has 0 amide bonds. The maximum absolute atomic E-state index is 11.2. The van der Waals surface area contributed by atoms with Gasteiger partial charge in [0.05, 0.1) is 7.11 Å². The third-order valence-corrected chi connectivity index (χ3v) is 1.65. The predicted molar refractivity (Wildman–Crippen MR) is 48.0 cm³/mol. The fraction of sp³-hybridized carbons (Fsp3) is 0.200. The Morgan fingerprint density at radius 3 is 2.54 bits per heavy atom. The highest BCUT2D eigenvalue weighted by Gasteiger charge is 2.10. The monoisotopic (exact) mass is 178 g/mol. The topological polar surface area (TPSA) is 43.4 Å². The summed E-state index contributed by atoms with van der Waals surface area (Å²) >= 11 is 0. The maximum atomic E-state index is 11.2. The zero-order valence-corrected chi connectivity index (χ0v) is 7.53. The van der Waals surface area contributed by atoms with Crippen LogP contribution in [0.2, 0.25) is 0 Å². The Balaban J connectivity index is 3.02. The number of methoxy groups -OCH3 is 1. The van der Waals surface area contributed by atoms with Gasteiger partial charge in [-0.25, -0.2) is 0 Å². The Bertz CT molecular complexity index is 342. The second kappa shape index (κ2) is 3.85. The first-order chi connectivity index (χ1) is 6.15. The molecular weight excluding hydrogens is 168 g/mol. The van der Waals surface area contributed by atoms with Crippen LogP contribution in [0.3, 0.4) is 0 Å². The molecule has 68 valence electrons. The zero-order chi connectivity index (χ0) is 9.84. The average molecular weight is 178 g/mol. The van der Waals surface area contributed by atoms with E-state index in [-0.39, 0.29) is 0 Å². The quantitative estimate of drug-likeness (QED) is 0.520. The van der Waals surface area contributed by atoms with Crippen LogP contribution in [0.1, 0.15) is 17.3 Å². The summed E-state index contributed by atoms with van der Waals surface area (Å²) in [5.41, 5.74) is 0.367. The molecular formula is C10H10O3. The molecule has 0 spiro atoms. The molecule has 0 radical (unpaired) electrons. The zero-order valence-electron chi connectivity index (χ0n) is 7.53. The van der Waals surface area contributed by atoms with E-state index in [0.29, 0.717) is 11.3 Å². The fourth-order valence-corrected chi connectivity index (χ4v) is 0.968. The molecule has 0 aliphatic rings. The maximum Gasteiger partial charge on any atom is 0.228 e. The summed E-state index contributed by atoms with van der Waals surface area (Å²) in [6.07, 6.45) is 0. The number of hydrogen-bond donors (Lipinski definition) is 0. The van der Waals surface area contributed by atoms with Crippen molar-refractivity contribution in [1.29, 1.82) is 0 Å². The van der Waals surface area contributed by atoms with Crippen molar-refractivity contribution >= 4 is 11.6 Å². The van der Waals surface area contributed by atoms with Gasteiger partial charge in [-0.05, 0) is 12.1 Å². The van der Waals surface area contributed by atoms with E-state index < -0.39 is 11.6 Å². The number of carbonyl (C=O) groups is 2. The van der Waals surface area contributed by atoms with Gasteiger partial charge >= 0.3 is 0 Å². The number of ether oxygens (including phenoxy) is 1. The van der Waals surface area contributed by atoms with Crippen LogP contribution in [0.15, 0.2) is 24.3 Å². The van der Waals surface area contributed by atoms with Crippen molar-refractivity contribution in [3.05, 3.63) is 29.8 Å². The number of Topliss-reactive ketones (excluding diaryl/α,β-unsaturated/α-hetero) is 2. The fourth-order valence-electron chi connectivity index (χ4n) is 0.968. The first-order valence-corrected chi connectivity index (χ1v) is 3.84. The van der Waals surface area contributed by atoms with E-state index in [1.54, 1.807) is 24.3 Å². The Morgan fingerprint density at radius 2 is 2.00 bits per heavy atom. The summed E-state index contributed by atoms with van der Waals surface area (Å²) in [6.45, 7) is 1.25. The first-order valence-electron chi connectivity index (χ1n) is 3.84. The van der Waals surface area contributed by atoms with Crippen LogP contribution in [0.25, 0.3) is 0 Å². The first kappa shape index (κ1) is 9.45. The summed E-state index contributed by atoms with van der Waals surface area (Å²) in [6, 6.07) is 6.53. The van der Waals surface area contributed by atoms with Gasteiger partial charge in [-0.1, -0.05) is 12.1 Å². The molecule has 1 aromatic rings. The molecule has 0 unspecified atom stereocenters. The standard InChI is InChI=1S/C10H10O3/c1-7(11)10(12)8-4-3-5-9(6-8)13-2/h3-6H,1-2H3. The minimum Gasteiger partial charge on any atom is -0.497 e. The van der Waals surface area contributed by atoms with Crippen molar-refractivity contribution < 1.29 is 14.3 Å². The molecule has 0 aliphatic heterocycles. The normalized spacial score (nSPS) is 9.38. The average Bonchev–Trinajstić information content (AvgIpc) is 2.16. The lowest BCUT2D eigenvalue weighted by molar-refractivity contribution is -0.113. The van der Waals surface area contributed by atoms with Crippen LogP contribution in [0, 0.1) is 0 Å². The van der Waals surface area contributed by atoms with Gasteiger partial charge in [0.2, 0.25) is 5.78 Å². The summed E-state index contributed by atoms with van der Waals surface area (Å²) in [5.74, 6) is -0.376. The van der Waals surface area contributed by atoms with E-state index in [1.807, 2.05) is 0 Å². The number of benzene rings is 1. The van der Waals surface area contributed by atoms with Crippen LogP contribution >= 0.6 is 0 Å². The lowest BCUT2D eigenvalue weighted by Crippen LogP contribution is -2.09. The second-order valence-corrected chi connectivity index (χ2v) is 2.62. The lowest BCUT2D eigenvalue weighted by atomic mass is 10.1. The molecule has 3 heteroatoms. The molecule has 1 rings (SSSR count). The second-order valence-electron chi connectivity index (χ2n) is 2.62.